The Bertz CT molecular complexity index is 704. The minimum atomic E-state index is -0.667. The van der Waals surface area contributed by atoms with Crippen molar-refractivity contribution in [2.45, 2.75) is 45.6 Å². The van der Waals surface area contributed by atoms with Crippen LogP contribution in [0.4, 0.5) is 0 Å². The second-order valence-corrected chi connectivity index (χ2v) is 6.30. The smallest absolute Gasteiger partial charge is 0.342 e. The largest absolute Gasteiger partial charge is 0.507 e. The number of ketones is 1. The number of carbonyl (C=O) groups is 2. The molecule has 1 aliphatic heterocycles. The summed E-state index contributed by atoms with van der Waals surface area (Å²) in [6.07, 6.45) is 9.02. The lowest BCUT2D eigenvalue weighted by Gasteiger charge is -2.17. The molecule has 4 nitrogen and oxygen atoms in total. The van der Waals surface area contributed by atoms with Gasteiger partial charge in [-0.2, -0.15) is 0 Å². The molecule has 0 saturated heterocycles. The molecule has 0 bridgehead atoms. The highest BCUT2D eigenvalue weighted by Crippen LogP contribution is 2.33. The summed E-state index contributed by atoms with van der Waals surface area (Å²) in [5.41, 5.74) is 0.892. The molecule has 5 heteroatoms. The molecule has 1 heterocycles. The van der Waals surface area contributed by atoms with Gasteiger partial charge >= 0.3 is 5.97 Å². The fourth-order valence-corrected chi connectivity index (χ4v) is 2.79. The van der Waals surface area contributed by atoms with Crippen molar-refractivity contribution in [2.75, 3.05) is 0 Å². The SMILES string of the molecule is Cc1cc(O)c2c(c1Cl)CC(=O)/C=C/CC/C=C/C[C@@H](C)OC2=O. The minimum absolute atomic E-state index is 0.0276. The molecule has 0 spiro atoms. The number of benzene rings is 1. The maximum atomic E-state index is 12.5. The number of fused-ring (bicyclic) bond motifs is 1. The van der Waals surface area contributed by atoms with Gasteiger partial charge in [0, 0.05) is 17.9 Å². The van der Waals surface area contributed by atoms with E-state index >= 15 is 0 Å². The van der Waals surface area contributed by atoms with Crippen LogP contribution >= 0.6 is 11.6 Å². The molecule has 1 aromatic rings. The van der Waals surface area contributed by atoms with Crippen LogP contribution in [0.25, 0.3) is 0 Å². The average molecular weight is 349 g/mol. The fourth-order valence-electron chi connectivity index (χ4n) is 2.57. The van der Waals surface area contributed by atoms with Crippen LogP contribution in [-0.2, 0) is 16.0 Å². The first-order chi connectivity index (χ1) is 11.4. The lowest BCUT2D eigenvalue weighted by atomic mass is 9.98. The molecule has 2 rings (SSSR count). The van der Waals surface area contributed by atoms with Gasteiger partial charge in [-0.25, -0.2) is 4.79 Å². The van der Waals surface area contributed by atoms with Crippen LogP contribution in [0, 0.1) is 6.92 Å². The molecular weight excluding hydrogens is 328 g/mol. The fraction of sp³-hybridized carbons (Fsp3) is 0.368. The summed E-state index contributed by atoms with van der Waals surface area (Å²) in [6.45, 7) is 3.50. The van der Waals surface area contributed by atoms with E-state index in [-0.39, 0.29) is 29.6 Å². The van der Waals surface area contributed by atoms with Crippen LogP contribution in [-0.4, -0.2) is 23.0 Å². The molecule has 1 N–H and O–H groups in total. The van der Waals surface area contributed by atoms with Gasteiger partial charge in [0.05, 0.1) is 0 Å². The predicted molar refractivity (Wildman–Crippen MR) is 93.6 cm³/mol. The number of aromatic hydroxyl groups is 1. The number of halogens is 1. The van der Waals surface area contributed by atoms with E-state index in [1.807, 2.05) is 18.2 Å². The Morgan fingerprint density at radius 1 is 1.21 bits per heavy atom. The van der Waals surface area contributed by atoms with E-state index in [9.17, 15) is 14.7 Å². The number of cyclic esters (lactones) is 1. The van der Waals surface area contributed by atoms with Gasteiger partial charge < -0.3 is 9.84 Å². The zero-order valence-electron chi connectivity index (χ0n) is 13.8. The standard InChI is InChI=1S/C19H21ClO4/c1-12-10-16(22)17-15(18(12)20)11-14(21)9-7-5-3-4-6-8-13(2)24-19(17)23/h4,6-7,9-10,13,22H,3,5,8,11H2,1-2H3/b6-4+,9-7+/t13-/m1/s1. The zero-order chi connectivity index (χ0) is 17.7. The highest BCUT2D eigenvalue weighted by molar-refractivity contribution is 6.33. The van der Waals surface area contributed by atoms with E-state index < -0.39 is 5.97 Å². The molecule has 0 aromatic heterocycles. The molecule has 0 radical (unpaired) electrons. The highest BCUT2D eigenvalue weighted by atomic mass is 35.5. The summed E-state index contributed by atoms with van der Waals surface area (Å²) in [6, 6.07) is 1.41. The maximum Gasteiger partial charge on any atom is 0.342 e. The van der Waals surface area contributed by atoms with E-state index in [1.54, 1.807) is 13.8 Å². The quantitative estimate of drug-likeness (QED) is 0.560. The molecule has 0 fully saturated rings. The lowest BCUT2D eigenvalue weighted by molar-refractivity contribution is -0.114. The Kier molecular flexibility index (Phi) is 6.21. The molecule has 0 saturated carbocycles. The number of hydrogen-bond donors (Lipinski definition) is 1. The first-order valence-electron chi connectivity index (χ1n) is 7.96. The molecule has 0 aliphatic carbocycles. The van der Waals surface area contributed by atoms with Crippen molar-refractivity contribution in [3.8, 4) is 5.75 Å². The molecule has 0 amide bonds. The van der Waals surface area contributed by atoms with E-state index in [4.69, 9.17) is 16.3 Å². The predicted octanol–water partition coefficient (Wildman–Crippen LogP) is 4.31. The first kappa shape index (κ1) is 18.3. The van der Waals surface area contributed by atoms with Crippen LogP contribution in [0.5, 0.6) is 5.75 Å². The van der Waals surface area contributed by atoms with E-state index in [2.05, 4.69) is 0 Å². The number of allylic oxidation sites excluding steroid dienone is 3. The minimum Gasteiger partial charge on any atom is -0.507 e. The third kappa shape index (κ3) is 4.48. The van der Waals surface area contributed by atoms with Crippen LogP contribution in [0.3, 0.4) is 0 Å². The highest BCUT2D eigenvalue weighted by Gasteiger charge is 2.24. The van der Waals surface area contributed by atoms with E-state index in [1.165, 1.54) is 12.1 Å². The number of phenols is 1. The van der Waals surface area contributed by atoms with E-state index in [0.29, 0.717) is 22.6 Å². The van der Waals surface area contributed by atoms with Gasteiger partial charge in [0.1, 0.15) is 17.4 Å². The summed E-state index contributed by atoms with van der Waals surface area (Å²) in [7, 11) is 0. The molecule has 24 heavy (non-hydrogen) atoms. The normalized spacial score (nSPS) is 22.2. The van der Waals surface area contributed by atoms with Crippen molar-refractivity contribution in [3.63, 3.8) is 0 Å². The number of hydrogen-bond acceptors (Lipinski definition) is 4. The monoisotopic (exact) mass is 348 g/mol. The van der Waals surface area contributed by atoms with Crippen LogP contribution < -0.4 is 0 Å². The molecule has 1 atom stereocenters. The van der Waals surface area contributed by atoms with Gasteiger partial charge in [0.25, 0.3) is 0 Å². The Labute approximate surface area is 146 Å². The summed E-state index contributed by atoms with van der Waals surface area (Å²) in [4.78, 5) is 24.6. The Morgan fingerprint density at radius 2 is 1.92 bits per heavy atom. The molecule has 0 unspecified atom stereocenters. The van der Waals surface area contributed by atoms with Crippen molar-refractivity contribution >= 4 is 23.4 Å². The first-order valence-corrected chi connectivity index (χ1v) is 8.34. The number of rotatable bonds is 0. The number of esters is 1. The molecule has 1 aromatic carbocycles. The third-order valence-corrected chi connectivity index (χ3v) is 4.35. The number of carbonyl (C=O) groups excluding carboxylic acids is 2. The van der Waals surface area contributed by atoms with Crippen LogP contribution in [0.1, 0.15) is 47.7 Å². The van der Waals surface area contributed by atoms with Gasteiger partial charge in [-0.3, -0.25) is 4.79 Å². The van der Waals surface area contributed by atoms with Crippen molar-refractivity contribution in [2.24, 2.45) is 0 Å². The van der Waals surface area contributed by atoms with Gasteiger partial charge in [-0.15, -0.1) is 0 Å². The molecule has 128 valence electrons. The summed E-state index contributed by atoms with van der Waals surface area (Å²) >= 11 is 6.30. The van der Waals surface area contributed by atoms with Gasteiger partial charge in [-0.05, 0) is 50.0 Å². The second-order valence-electron chi connectivity index (χ2n) is 5.93. The maximum absolute atomic E-state index is 12.5. The second kappa shape index (κ2) is 8.15. The summed E-state index contributed by atoms with van der Waals surface area (Å²) < 4.78 is 5.39. The summed E-state index contributed by atoms with van der Waals surface area (Å²) in [5, 5.41) is 10.5. The Hall–Kier alpha value is -2.07. The Morgan fingerprint density at radius 3 is 2.67 bits per heavy atom. The number of phenolic OH excluding ortho intramolecular Hbond substituents is 1. The lowest BCUT2D eigenvalue weighted by Crippen LogP contribution is -2.17. The van der Waals surface area contributed by atoms with Gasteiger partial charge in [-0.1, -0.05) is 29.8 Å². The average Bonchev–Trinajstić information content (AvgIpc) is 2.50. The third-order valence-electron chi connectivity index (χ3n) is 3.82. The van der Waals surface area contributed by atoms with Crippen molar-refractivity contribution in [3.05, 3.63) is 52.1 Å². The van der Waals surface area contributed by atoms with Crippen molar-refractivity contribution in [1.29, 1.82) is 0 Å². The van der Waals surface area contributed by atoms with Gasteiger partial charge in [0.2, 0.25) is 0 Å². The number of aryl methyl sites for hydroxylation is 1. The zero-order valence-corrected chi connectivity index (χ0v) is 14.6. The van der Waals surface area contributed by atoms with Crippen molar-refractivity contribution in [1.82, 2.24) is 0 Å². The van der Waals surface area contributed by atoms with E-state index in [0.717, 1.165) is 12.8 Å². The van der Waals surface area contributed by atoms with Gasteiger partial charge in [0.15, 0.2) is 5.78 Å². The Balaban J connectivity index is 2.49. The van der Waals surface area contributed by atoms with Crippen molar-refractivity contribution < 1.29 is 19.4 Å². The summed E-state index contributed by atoms with van der Waals surface area (Å²) in [5.74, 6) is -1.06. The molecular formula is C19H21ClO4. The molecule has 1 aliphatic rings. The number of ether oxygens (including phenoxy) is 1. The van der Waals surface area contributed by atoms with Crippen LogP contribution in [0.2, 0.25) is 5.02 Å². The van der Waals surface area contributed by atoms with Crippen LogP contribution in [0.15, 0.2) is 30.4 Å². The topological polar surface area (TPSA) is 63.6 Å².